The van der Waals surface area contributed by atoms with Crippen molar-refractivity contribution < 1.29 is 19.4 Å². The number of carbonyl (C=O) groups excluding carboxylic acids is 1. The number of hydrogen-bond donors (Lipinski definition) is 2. The van der Waals surface area contributed by atoms with Crippen LogP contribution in [0.2, 0.25) is 0 Å². The number of aromatic hydroxyl groups is 1. The van der Waals surface area contributed by atoms with Gasteiger partial charge in [-0.1, -0.05) is 6.07 Å². The van der Waals surface area contributed by atoms with Crippen molar-refractivity contribution in [2.24, 2.45) is 0 Å². The smallest absolute Gasteiger partial charge is 0.266 e. The van der Waals surface area contributed by atoms with Crippen LogP contribution in [0.15, 0.2) is 40.4 Å². The van der Waals surface area contributed by atoms with E-state index in [2.05, 4.69) is 21.2 Å². The number of ether oxygens (including phenoxy) is 2. The van der Waals surface area contributed by atoms with Crippen LogP contribution >= 0.6 is 15.9 Å². The maximum Gasteiger partial charge on any atom is 0.266 e. The third-order valence-corrected chi connectivity index (χ3v) is 4.23. The molecule has 0 unspecified atom stereocenters. The summed E-state index contributed by atoms with van der Waals surface area (Å²) in [7, 11) is 1.50. The fourth-order valence-electron chi connectivity index (χ4n) is 2.37. The second-order valence-electron chi connectivity index (χ2n) is 5.61. The Labute approximate surface area is 166 Å². The number of phenols is 1. The standard InChI is InChI=1S/C20H19BrN2O4/c1-4-27-18-10-13(9-15(21)19(18)24)8-14(11-22)20(25)23-16-7-12(2)5-6-17(16)26-3/h5-10,24H,4H2,1-3H3,(H,23,25)/b14-8+. The first kappa shape index (κ1) is 20.3. The van der Waals surface area contributed by atoms with E-state index in [1.807, 2.05) is 19.1 Å². The highest BCUT2D eigenvalue weighted by Gasteiger charge is 2.14. The van der Waals surface area contributed by atoms with Crippen LogP contribution in [-0.4, -0.2) is 24.7 Å². The van der Waals surface area contributed by atoms with Gasteiger partial charge in [0, 0.05) is 0 Å². The van der Waals surface area contributed by atoms with Gasteiger partial charge in [0.15, 0.2) is 11.5 Å². The third kappa shape index (κ3) is 5.02. The maximum atomic E-state index is 12.5. The zero-order chi connectivity index (χ0) is 20.0. The predicted octanol–water partition coefficient (Wildman–Crippen LogP) is 4.42. The van der Waals surface area contributed by atoms with Crippen molar-refractivity contribution in [3.8, 4) is 23.3 Å². The van der Waals surface area contributed by atoms with Crippen LogP contribution in [0, 0.1) is 18.3 Å². The SMILES string of the molecule is CCOc1cc(/C=C(\C#N)C(=O)Nc2cc(C)ccc2OC)cc(Br)c1O. The first-order valence-corrected chi connectivity index (χ1v) is 8.92. The second kappa shape index (κ2) is 9.10. The minimum Gasteiger partial charge on any atom is -0.503 e. The average Bonchev–Trinajstić information content (AvgIpc) is 2.64. The van der Waals surface area contributed by atoms with E-state index in [4.69, 9.17) is 9.47 Å². The van der Waals surface area contributed by atoms with Gasteiger partial charge in [0.2, 0.25) is 0 Å². The Hall–Kier alpha value is -2.98. The van der Waals surface area contributed by atoms with Gasteiger partial charge in [0.05, 0.1) is 23.9 Å². The van der Waals surface area contributed by atoms with Crippen molar-refractivity contribution in [2.45, 2.75) is 13.8 Å². The highest BCUT2D eigenvalue weighted by molar-refractivity contribution is 9.10. The Morgan fingerprint density at radius 2 is 2.07 bits per heavy atom. The van der Waals surface area contributed by atoms with E-state index in [-0.39, 0.29) is 17.1 Å². The lowest BCUT2D eigenvalue weighted by molar-refractivity contribution is -0.112. The molecule has 2 aromatic rings. The molecule has 0 aliphatic carbocycles. The molecule has 0 aliphatic heterocycles. The lowest BCUT2D eigenvalue weighted by atomic mass is 10.1. The summed E-state index contributed by atoms with van der Waals surface area (Å²) in [5.74, 6) is 0.151. The summed E-state index contributed by atoms with van der Waals surface area (Å²) in [6, 6.07) is 10.4. The Morgan fingerprint density at radius 1 is 1.33 bits per heavy atom. The molecule has 0 saturated carbocycles. The molecule has 2 aromatic carbocycles. The quantitative estimate of drug-likeness (QED) is 0.522. The number of nitriles is 1. The number of carbonyl (C=O) groups is 1. The van der Waals surface area contributed by atoms with Gasteiger partial charge in [0.25, 0.3) is 5.91 Å². The molecule has 0 atom stereocenters. The molecular weight excluding hydrogens is 412 g/mol. The lowest BCUT2D eigenvalue weighted by Crippen LogP contribution is -2.14. The number of phenolic OH excluding ortho intramolecular Hbond substituents is 1. The Kier molecular flexibility index (Phi) is 6.85. The number of rotatable bonds is 6. The number of aryl methyl sites for hydroxylation is 1. The molecule has 0 aromatic heterocycles. The molecule has 6 nitrogen and oxygen atoms in total. The normalized spacial score (nSPS) is 10.9. The topological polar surface area (TPSA) is 91.6 Å². The Bertz CT molecular complexity index is 932. The van der Waals surface area contributed by atoms with E-state index < -0.39 is 5.91 Å². The maximum absolute atomic E-state index is 12.5. The van der Waals surface area contributed by atoms with Crippen LogP contribution in [0.1, 0.15) is 18.1 Å². The van der Waals surface area contributed by atoms with Crippen LogP contribution in [0.25, 0.3) is 6.08 Å². The third-order valence-electron chi connectivity index (χ3n) is 3.63. The molecule has 0 saturated heterocycles. The summed E-state index contributed by atoms with van der Waals surface area (Å²) in [5.41, 5.74) is 1.85. The lowest BCUT2D eigenvalue weighted by Gasteiger charge is -2.11. The number of anilines is 1. The van der Waals surface area contributed by atoms with Crippen molar-refractivity contribution in [2.75, 3.05) is 19.0 Å². The minimum absolute atomic E-state index is 0.0403. The van der Waals surface area contributed by atoms with Gasteiger partial charge in [-0.25, -0.2) is 0 Å². The number of methoxy groups -OCH3 is 1. The molecule has 0 heterocycles. The first-order chi connectivity index (χ1) is 12.9. The van der Waals surface area contributed by atoms with Crippen LogP contribution in [-0.2, 0) is 4.79 Å². The molecule has 0 fully saturated rings. The average molecular weight is 431 g/mol. The fraction of sp³-hybridized carbons (Fsp3) is 0.200. The highest BCUT2D eigenvalue weighted by atomic mass is 79.9. The first-order valence-electron chi connectivity index (χ1n) is 8.12. The van der Waals surface area contributed by atoms with E-state index in [0.717, 1.165) is 5.56 Å². The molecule has 140 valence electrons. The van der Waals surface area contributed by atoms with Crippen molar-refractivity contribution in [3.63, 3.8) is 0 Å². The monoisotopic (exact) mass is 430 g/mol. The molecule has 27 heavy (non-hydrogen) atoms. The number of halogens is 1. The van der Waals surface area contributed by atoms with E-state index in [1.165, 1.54) is 13.2 Å². The number of hydrogen-bond acceptors (Lipinski definition) is 5. The predicted molar refractivity (Wildman–Crippen MR) is 107 cm³/mol. The van der Waals surface area contributed by atoms with Crippen LogP contribution in [0.4, 0.5) is 5.69 Å². The van der Waals surface area contributed by atoms with Gasteiger partial charge in [-0.15, -0.1) is 0 Å². The molecule has 0 radical (unpaired) electrons. The second-order valence-corrected chi connectivity index (χ2v) is 6.46. The van der Waals surface area contributed by atoms with E-state index >= 15 is 0 Å². The number of nitrogens with zero attached hydrogens (tertiary/aromatic N) is 1. The molecule has 0 bridgehead atoms. The molecule has 1 amide bonds. The van der Waals surface area contributed by atoms with Crippen molar-refractivity contribution in [1.29, 1.82) is 5.26 Å². The summed E-state index contributed by atoms with van der Waals surface area (Å²) in [4.78, 5) is 12.5. The zero-order valence-corrected chi connectivity index (χ0v) is 16.8. The molecule has 2 N–H and O–H groups in total. The van der Waals surface area contributed by atoms with Crippen molar-refractivity contribution in [3.05, 3.63) is 51.5 Å². The van der Waals surface area contributed by atoms with Gasteiger partial charge < -0.3 is 19.9 Å². The van der Waals surface area contributed by atoms with E-state index in [9.17, 15) is 15.2 Å². The van der Waals surface area contributed by atoms with Crippen LogP contribution in [0.5, 0.6) is 17.2 Å². The van der Waals surface area contributed by atoms with Crippen molar-refractivity contribution >= 4 is 33.6 Å². The fourth-order valence-corrected chi connectivity index (χ4v) is 2.83. The van der Waals surface area contributed by atoms with Crippen molar-refractivity contribution in [1.82, 2.24) is 0 Å². The summed E-state index contributed by atoms with van der Waals surface area (Å²) in [6.45, 7) is 4.05. The molecular formula is C20H19BrN2O4. The highest BCUT2D eigenvalue weighted by Crippen LogP contribution is 2.36. The number of nitrogens with one attached hydrogen (secondary N) is 1. The zero-order valence-electron chi connectivity index (χ0n) is 15.2. The van der Waals surface area contributed by atoms with E-state index in [1.54, 1.807) is 31.2 Å². The summed E-state index contributed by atoms with van der Waals surface area (Å²) >= 11 is 3.24. The van der Waals surface area contributed by atoms with Gasteiger partial charge >= 0.3 is 0 Å². The van der Waals surface area contributed by atoms with Gasteiger partial charge in [-0.3, -0.25) is 4.79 Å². The summed E-state index contributed by atoms with van der Waals surface area (Å²) in [5, 5.41) is 22.1. The molecule has 7 heteroatoms. The Balaban J connectivity index is 2.35. The largest absolute Gasteiger partial charge is 0.503 e. The molecule has 2 rings (SSSR count). The molecule has 0 aliphatic rings. The Morgan fingerprint density at radius 3 is 2.70 bits per heavy atom. The van der Waals surface area contributed by atoms with Crippen LogP contribution in [0.3, 0.4) is 0 Å². The van der Waals surface area contributed by atoms with Gasteiger partial charge in [0.1, 0.15) is 17.4 Å². The summed E-state index contributed by atoms with van der Waals surface area (Å²) in [6.07, 6.45) is 1.42. The minimum atomic E-state index is -0.566. The van der Waals surface area contributed by atoms with E-state index in [0.29, 0.717) is 28.1 Å². The number of amides is 1. The molecule has 0 spiro atoms. The van der Waals surface area contributed by atoms with Gasteiger partial charge in [-0.2, -0.15) is 5.26 Å². The van der Waals surface area contributed by atoms with Crippen LogP contribution < -0.4 is 14.8 Å². The number of benzene rings is 2. The summed E-state index contributed by atoms with van der Waals surface area (Å²) < 4.78 is 11.0. The van der Waals surface area contributed by atoms with Gasteiger partial charge in [-0.05, 0) is 71.2 Å².